The molecule has 1 N–H and O–H groups in total. The van der Waals surface area contributed by atoms with Crippen molar-refractivity contribution in [2.45, 2.75) is 6.42 Å². The van der Waals surface area contributed by atoms with Gasteiger partial charge in [0.25, 0.3) is 5.91 Å². The topological polar surface area (TPSA) is 85.3 Å². The van der Waals surface area contributed by atoms with Crippen LogP contribution >= 0.6 is 0 Å². The first-order valence-electron chi connectivity index (χ1n) is 7.28. The highest BCUT2D eigenvalue weighted by Crippen LogP contribution is 2.31. The van der Waals surface area contributed by atoms with Crippen LogP contribution in [0.4, 0.5) is 0 Å². The molecule has 1 amide bonds. The van der Waals surface area contributed by atoms with Gasteiger partial charge in [-0.3, -0.25) is 9.59 Å². The van der Waals surface area contributed by atoms with Gasteiger partial charge in [-0.15, -0.1) is 0 Å². The van der Waals surface area contributed by atoms with E-state index in [0.717, 1.165) is 0 Å². The van der Waals surface area contributed by atoms with Crippen molar-refractivity contribution < 1.29 is 28.9 Å². The Balaban J connectivity index is 1.92. The molecule has 1 saturated heterocycles. The van der Waals surface area contributed by atoms with Crippen molar-refractivity contribution in [3.8, 4) is 11.5 Å². The van der Waals surface area contributed by atoms with E-state index < -0.39 is 11.4 Å². The monoisotopic (exact) mass is 323 g/mol. The lowest BCUT2D eigenvalue weighted by molar-refractivity contribution is -0.151. The van der Waals surface area contributed by atoms with E-state index in [1.165, 1.54) is 12.0 Å². The highest BCUT2D eigenvalue weighted by Gasteiger charge is 2.46. The second-order valence-corrected chi connectivity index (χ2v) is 5.55. The average molecular weight is 323 g/mol. The fraction of sp³-hybridized carbons (Fsp3) is 0.500. The van der Waals surface area contributed by atoms with Gasteiger partial charge in [-0.25, -0.2) is 0 Å². The van der Waals surface area contributed by atoms with Crippen molar-refractivity contribution in [3.05, 3.63) is 24.3 Å². The summed E-state index contributed by atoms with van der Waals surface area (Å²) < 4.78 is 15.6. The average Bonchev–Trinajstić information content (AvgIpc) is 2.99. The molecule has 1 aromatic carbocycles. The van der Waals surface area contributed by atoms with E-state index in [4.69, 9.17) is 14.2 Å². The largest absolute Gasteiger partial charge is 0.497 e. The maximum atomic E-state index is 12.2. The zero-order chi connectivity index (χ0) is 16.9. The van der Waals surface area contributed by atoms with Gasteiger partial charge in [0.2, 0.25) is 0 Å². The summed E-state index contributed by atoms with van der Waals surface area (Å²) in [5.41, 5.74) is -1.03. The number of likely N-dealkylation sites (tertiary alicyclic amines) is 1. The zero-order valence-corrected chi connectivity index (χ0v) is 13.3. The van der Waals surface area contributed by atoms with Crippen LogP contribution in [0.25, 0.3) is 0 Å². The molecule has 1 aliphatic heterocycles. The number of hydrogen-bond donors (Lipinski definition) is 1. The van der Waals surface area contributed by atoms with E-state index in [-0.39, 0.29) is 25.7 Å². The third kappa shape index (κ3) is 3.92. The first kappa shape index (κ1) is 17.1. The summed E-state index contributed by atoms with van der Waals surface area (Å²) in [6.45, 7) is 0.463. The molecule has 0 bridgehead atoms. The lowest BCUT2D eigenvalue weighted by Crippen LogP contribution is -2.41. The second-order valence-electron chi connectivity index (χ2n) is 5.55. The Bertz CT molecular complexity index is 575. The summed E-state index contributed by atoms with van der Waals surface area (Å²) in [6.07, 6.45) is 0.376. The number of carboxylic acids is 1. The Morgan fingerprint density at radius 3 is 2.70 bits per heavy atom. The van der Waals surface area contributed by atoms with Crippen molar-refractivity contribution in [3.63, 3.8) is 0 Å². The second kappa shape index (κ2) is 7.32. The van der Waals surface area contributed by atoms with Gasteiger partial charge in [0.1, 0.15) is 16.9 Å². The molecule has 0 saturated carbocycles. The fourth-order valence-corrected chi connectivity index (χ4v) is 2.64. The standard InChI is InChI=1S/C16H21NO6/c1-21-11-16(15(19)20)6-7-17(10-16)14(18)9-23-13-5-3-4-12(8-13)22-2/h3-5,8H,6-7,9-11H2,1-2H3,(H,19,20). The van der Waals surface area contributed by atoms with Crippen LogP contribution in [0.15, 0.2) is 24.3 Å². The molecule has 7 nitrogen and oxygen atoms in total. The number of benzene rings is 1. The number of hydrogen-bond acceptors (Lipinski definition) is 5. The van der Waals surface area contributed by atoms with Crippen LogP contribution in [0.1, 0.15) is 6.42 Å². The van der Waals surface area contributed by atoms with Crippen LogP contribution in [-0.2, 0) is 14.3 Å². The third-order valence-electron chi connectivity index (χ3n) is 3.98. The van der Waals surface area contributed by atoms with Gasteiger partial charge in [-0.2, -0.15) is 0 Å². The minimum Gasteiger partial charge on any atom is -0.497 e. The van der Waals surface area contributed by atoms with Crippen molar-refractivity contribution in [1.82, 2.24) is 4.90 Å². The summed E-state index contributed by atoms with van der Waals surface area (Å²) in [5.74, 6) is -0.0187. The summed E-state index contributed by atoms with van der Waals surface area (Å²) in [6, 6.07) is 6.96. The maximum absolute atomic E-state index is 12.2. The van der Waals surface area contributed by atoms with Gasteiger partial charge in [-0.1, -0.05) is 6.07 Å². The number of nitrogens with zero attached hydrogens (tertiary/aromatic N) is 1. The van der Waals surface area contributed by atoms with Crippen LogP contribution in [0.2, 0.25) is 0 Å². The molecule has 1 heterocycles. The van der Waals surface area contributed by atoms with Crippen LogP contribution in [-0.4, -0.2) is 62.4 Å². The first-order chi connectivity index (χ1) is 11.0. The molecule has 23 heavy (non-hydrogen) atoms. The predicted octanol–water partition coefficient (Wildman–Crippen LogP) is 1.02. The van der Waals surface area contributed by atoms with Gasteiger partial charge < -0.3 is 24.2 Å². The Morgan fingerprint density at radius 2 is 2.04 bits per heavy atom. The zero-order valence-electron chi connectivity index (χ0n) is 13.3. The predicted molar refractivity (Wildman–Crippen MR) is 81.6 cm³/mol. The molecule has 126 valence electrons. The van der Waals surface area contributed by atoms with Crippen molar-refractivity contribution in [2.24, 2.45) is 5.41 Å². The van der Waals surface area contributed by atoms with E-state index in [1.807, 2.05) is 0 Å². The van der Waals surface area contributed by atoms with Gasteiger partial charge >= 0.3 is 5.97 Å². The molecular weight excluding hydrogens is 302 g/mol. The van der Waals surface area contributed by atoms with E-state index in [2.05, 4.69) is 0 Å². The number of carbonyl (C=O) groups excluding carboxylic acids is 1. The van der Waals surface area contributed by atoms with Crippen LogP contribution in [0.5, 0.6) is 11.5 Å². The van der Waals surface area contributed by atoms with Crippen molar-refractivity contribution >= 4 is 11.9 Å². The highest BCUT2D eigenvalue weighted by atomic mass is 16.5. The number of aliphatic carboxylic acids is 1. The Hall–Kier alpha value is -2.28. The molecule has 7 heteroatoms. The van der Waals surface area contributed by atoms with Gasteiger partial charge in [0, 0.05) is 26.3 Å². The Morgan fingerprint density at radius 1 is 1.30 bits per heavy atom. The number of methoxy groups -OCH3 is 2. The number of rotatable bonds is 7. The van der Waals surface area contributed by atoms with Gasteiger partial charge in [0.05, 0.1) is 13.7 Å². The smallest absolute Gasteiger partial charge is 0.313 e. The van der Waals surface area contributed by atoms with E-state index in [9.17, 15) is 14.7 Å². The number of ether oxygens (including phenoxy) is 3. The maximum Gasteiger partial charge on any atom is 0.313 e. The van der Waals surface area contributed by atoms with Crippen molar-refractivity contribution in [2.75, 3.05) is 40.5 Å². The summed E-state index contributed by atoms with van der Waals surface area (Å²) >= 11 is 0. The Labute approximate surface area is 134 Å². The van der Waals surface area contributed by atoms with Crippen molar-refractivity contribution in [1.29, 1.82) is 0 Å². The quantitative estimate of drug-likeness (QED) is 0.806. The van der Waals surface area contributed by atoms with E-state index in [0.29, 0.717) is 24.5 Å². The SMILES string of the molecule is COCC1(C(=O)O)CCN(C(=O)COc2cccc(OC)c2)C1. The van der Waals surface area contributed by atoms with Gasteiger partial charge in [0.15, 0.2) is 6.61 Å². The molecule has 1 atom stereocenters. The minimum absolute atomic E-state index is 0.0862. The van der Waals surface area contributed by atoms with E-state index >= 15 is 0 Å². The van der Waals surface area contributed by atoms with Crippen LogP contribution in [0, 0.1) is 5.41 Å². The third-order valence-corrected chi connectivity index (χ3v) is 3.98. The molecule has 1 aliphatic rings. The fourth-order valence-electron chi connectivity index (χ4n) is 2.64. The van der Waals surface area contributed by atoms with Gasteiger partial charge in [-0.05, 0) is 18.6 Å². The molecule has 0 aliphatic carbocycles. The molecule has 0 radical (unpaired) electrons. The molecule has 2 rings (SSSR count). The minimum atomic E-state index is -1.03. The molecule has 0 aromatic heterocycles. The molecule has 1 aromatic rings. The molecule has 1 fully saturated rings. The number of amides is 1. The van der Waals surface area contributed by atoms with E-state index in [1.54, 1.807) is 31.4 Å². The number of carbonyl (C=O) groups is 2. The summed E-state index contributed by atoms with van der Waals surface area (Å²) in [5, 5.41) is 9.40. The molecule has 1 unspecified atom stereocenters. The summed E-state index contributed by atoms with van der Waals surface area (Å²) in [4.78, 5) is 25.2. The van der Waals surface area contributed by atoms with Crippen LogP contribution in [0.3, 0.4) is 0 Å². The molecule has 0 spiro atoms. The molecular formula is C16H21NO6. The first-order valence-corrected chi connectivity index (χ1v) is 7.28. The lowest BCUT2D eigenvalue weighted by atomic mass is 9.88. The lowest BCUT2D eigenvalue weighted by Gasteiger charge is -2.23. The highest BCUT2D eigenvalue weighted by molar-refractivity contribution is 5.81. The summed E-state index contributed by atoms with van der Waals surface area (Å²) in [7, 11) is 3.01. The normalized spacial score (nSPS) is 20.3. The Kier molecular flexibility index (Phi) is 5.44. The number of carboxylic acid groups (broad SMARTS) is 1. The van der Waals surface area contributed by atoms with Crippen LogP contribution < -0.4 is 9.47 Å².